The van der Waals surface area contributed by atoms with E-state index in [9.17, 15) is 4.79 Å². The summed E-state index contributed by atoms with van der Waals surface area (Å²) in [6, 6.07) is 8.26. The molecule has 0 radical (unpaired) electrons. The normalized spacial score (nSPS) is 16.2. The quantitative estimate of drug-likeness (QED) is 0.904. The Balaban J connectivity index is 2.19. The van der Waals surface area contributed by atoms with Gasteiger partial charge in [-0.15, -0.1) is 0 Å². The summed E-state index contributed by atoms with van der Waals surface area (Å²) in [7, 11) is 0. The van der Waals surface area contributed by atoms with Crippen LogP contribution in [0.1, 0.15) is 38.7 Å². The molecule has 0 aliphatic carbocycles. The standard InChI is InChI=1S/C16H24N2O/c1-16(2,12-17)10-11-18-14-8-4-3-6-13(14)7-5-9-15(18)19/h3-4,6,8H,5,7,9-12,17H2,1-2H3. The van der Waals surface area contributed by atoms with E-state index in [0.717, 1.165) is 31.5 Å². The maximum Gasteiger partial charge on any atom is 0.226 e. The van der Waals surface area contributed by atoms with E-state index >= 15 is 0 Å². The van der Waals surface area contributed by atoms with Crippen LogP contribution < -0.4 is 10.6 Å². The number of nitrogens with two attached hydrogens (primary N) is 1. The Bertz CT molecular complexity index is 454. The van der Waals surface area contributed by atoms with E-state index in [1.807, 2.05) is 11.0 Å². The lowest BCUT2D eigenvalue weighted by Gasteiger charge is -2.28. The lowest BCUT2D eigenvalue weighted by Crippen LogP contribution is -2.35. The highest BCUT2D eigenvalue weighted by atomic mass is 16.2. The predicted molar refractivity (Wildman–Crippen MR) is 79.2 cm³/mol. The van der Waals surface area contributed by atoms with Crippen molar-refractivity contribution in [1.29, 1.82) is 0 Å². The molecule has 1 aromatic carbocycles. The third-order valence-corrected chi connectivity index (χ3v) is 3.98. The second-order valence-electron chi connectivity index (χ2n) is 6.15. The van der Waals surface area contributed by atoms with Crippen LogP contribution in [0.5, 0.6) is 0 Å². The number of rotatable bonds is 4. The molecule has 104 valence electrons. The van der Waals surface area contributed by atoms with E-state index < -0.39 is 0 Å². The minimum absolute atomic E-state index is 0.0848. The Morgan fingerprint density at radius 3 is 2.74 bits per heavy atom. The summed E-state index contributed by atoms with van der Waals surface area (Å²) < 4.78 is 0. The number of hydrogen-bond acceptors (Lipinski definition) is 2. The molecule has 0 unspecified atom stereocenters. The minimum atomic E-state index is 0.0848. The Labute approximate surface area is 115 Å². The molecule has 19 heavy (non-hydrogen) atoms. The van der Waals surface area contributed by atoms with Crippen molar-refractivity contribution < 1.29 is 4.79 Å². The zero-order valence-electron chi connectivity index (χ0n) is 12.0. The maximum absolute atomic E-state index is 12.3. The van der Waals surface area contributed by atoms with Crippen molar-refractivity contribution in [3.05, 3.63) is 29.8 Å². The van der Waals surface area contributed by atoms with Crippen molar-refractivity contribution in [2.75, 3.05) is 18.0 Å². The average Bonchev–Trinajstić information content (AvgIpc) is 2.55. The molecule has 0 fully saturated rings. The minimum Gasteiger partial charge on any atom is -0.330 e. The fraction of sp³-hybridized carbons (Fsp3) is 0.562. The molecule has 2 rings (SSSR count). The SMILES string of the molecule is CC(C)(CN)CCN1C(=O)CCCc2ccccc21. The van der Waals surface area contributed by atoms with E-state index in [1.54, 1.807) is 0 Å². The molecule has 0 saturated heterocycles. The van der Waals surface area contributed by atoms with Crippen molar-refractivity contribution in [2.45, 2.75) is 39.5 Å². The third-order valence-electron chi connectivity index (χ3n) is 3.98. The first kappa shape index (κ1) is 14.1. The zero-order chi connectivity index (χ0) is 13.9. The van der Waals surface area contributed by atoms with Gasteiger partial charge < -0.3 is 10.6 Å². The Kier molecular flexibility index (Phi) is 4.25. The van der Waals surface area contributed by atoms with Crippen molar-refractivity contribution in [3.8, 4) is 0 Å². The first-order chi connectivity index (χ1) is 9.03. The van der Waals surface area contributed by atoms with Crippen LogP contribution in [0.3, 0.4) is 0 Å². The van der Waals surface area contributed by atoms with Crippen LogP contribution in [0.4, 0.5) is 5.69 Å². The highest BCUT2D eigenvalue weighted by molar-refractivity contribution is 5.94. The highest BCUT2D eigenvalue weighted by Crippen LogP contribution is 2.28. The molecule has 1 aromatic rings. The van der Waals surface area contributed by atoms with E-state index in [0.29, 0.717) is 13.0 Å². The van der Waals surface area contributed by atoms with Crippen molar-refractivity contribution >= 4 is 11.6 Å². The van der Waals surface area contributed by atoms with Gasteiger partial charge in [0, 0.05) is 18.7 Å². The van der Waals surface area contributed by atoms with Crippen LogP contribution in [0, 0.1) is 5.41 Å². The number of fused-ring (bicyclic) bond motifs is 1. The fourth-order valence-corrected chi connectivity index (χ4v) is 2.45. The first-order valence-electron chi connectivity index (χ1n) is 7.12. The van der Waals surface area contributed by atoms with Gasteiger partial charge in [-0.1, -0.05) is 32.0 Å². The molecule has 1 aliphatic rings. The summed E-state index contributed by atoms with van der Waals surface area (Å²) >= 11 is 0. The molecule has 0 bridgehead atoms. The smallest absolute Gasteiger partial charge is 0.226 e. The summed E-state index contributed by atoms with van der Waals surface area (Å²) in [6.07, 6.45) is 3.53. The van der Waals surface area contributed by atoms with Crippen LogP contribution in [0.15, 0.2) is 24.3 Å². The topological polar surface area (TPSA) is 46.3 Å². The summed E-state index contributed by atoms with van der Waals surface area (Å²) in [6.45, 7) is 5.72. The zero-order valence-corrected chi connectivity index (χ0v) is 12.0. The number of benzene rings is 1. The molecule has 2 N–H and O–H groups in total. The van der Waals surface area contributed by atoms with Crippen LogP contribution in [-0.2, 0) is 11.2 Å². The Hall–Kier alpha value is -1.35. The van der Waals surface area contributed by atoms with E-state index in [1.165, 1.54) is 5.56 Å². The second kappa shape index (κ2) is 5.74. The number of carbonyl (C=O) groups excluding carboxylic acids is 1. The van der Waals surface area contributed by atoms with Crippen LogP contribution >= 0.6 is 0 Å². The average molecular weight is 260 g/mol. The van der Waals surface area contributed by atoms with Crippen molar-refractivity contribution in [1.82, 2.24) is 0 Å². The largest absolute Gasteiger partial charge is 0.330 e. The number of para-hydroxylation sites is 1. The van der Waals surface area contributed by atoms with Crippen LogP contribution in [0.25, 0.3) is 0 Å². The number of amides is 1. The van der Waals surface area contributed by atoms with Crippen LogP contribution in [0.2, 0.25) is 0 Å². The lowest BCUT2D eigenvalue weighted by atomic mass is 9.89. The monoisotopic (exact) mass is 260 g/mol. The summed E-state index contributed by atoms with van der Waals surface area (Å²) in [5.41, 5.74) is 8.25. The molecule has 0 saturated carbocycles. The Morgan fingerprint density at radius 2 is 2.00 bits per heavy atom. The number of carbonyl (C=O) groups is 1. The number of hydrogen-bond donors (Lipinski definition) is 1. The predicted octanol–water partition coefficient (Wildman–Crippen LogP) is 2.73. The van der Waals surface area contributed by atoms with E-state index in [4.69, 9.17) is 5.73 Å². The van der Waals surface area contributed by atoms with E-state index in [2.05, 4.69) is 32.0 Å². The molecule has 3 nitrogen and oxygen atoms in total. The summed E-state index contributed by atoms with van der Waals surface area (Å²) in [4.78, 5) is 14.2. The molecular formula is C16H24N2O. The third kappa shape index (κ3) is 3.35. The highest BCUT2D eigenvalue weighted by Gasteiger charge is 2.24. The first-order valence-corrected chi connectivity index (χ1v) is 7.12. The maximum atomic E-state index is 12.3. The molecule has 1 heterocycles. The van der Waals surface area contributed by atoms with Crippen LogP contribution in [-0.4, -0.2) is 19.0 Å². The van der Waals surface area contributed by atoms with Crippen molar-refractivity contribution in [3.63, 3.8) is 0 Å². The molecule has 3 heteroatoms. The van der Waals surface area contributed by atoms with Gasteiger partial charge in [-0.25, -0.2) is 0 Å². The molecule has 0 spiro atoms. The number of nitrogens with zero attached hydrogens (tertiary/aromatic N) is 1. The second-order valence-corrected chi connectivity index (χ2v) is 6.15. The van der Waals surface area contributed by atoms with Gasteiger partial charge in [-0.05, 0) is 42.9 Å². The molecule has 0 atom stereocenters. The van der Waals surface area contributed by atoms with Gasteiger partial charge in [0.2, 0.25) is 5.91 Å². The number of aryl methyl sites for hydroxylation is 1. The van der Waals surface area contributed by atoms with Gasteiger partial charge in [-0.3, -0.25) is 4.79 Å². The molecule has 0 aromatic heterocycles. The lowest BCUT2D eigenvalue weighted by molar-refractivity contribution is -0.118. The molecular weight excluding hydrogens is 236 g/mol. The van der Waals surface area contributed by atoms with E-state index in [-0.39, 0.29) is 11.3 Å². The van der Waals surface area contributed by atoms with Gasteiger partial charge in [-0.2, -0.15) is 0 Å². The molecule has 1 amide bonds. The van der Waals surface area contributed by atoms with Gasteiger partial charge in [0.25, 0.3) is 0 Å². The Morgan fingerprint density at radius 1 is 1.26 bits per heavy atom. The van der Waals surface area contributed by atoms with Gasteiger partial charge >= 0.3 is 0 Å². The van der Waals surface area contributed by atoms with Gasteiger partial charge in [0.15, 0.2) is 0 Å². The fourth-order valence-electron chi connectivity index (χ4n) is 2.45. The van der Waals surface area contributed by atoms with Crippen molar-refractivity contribution in [2.24, 2.45) is 11.1 Å². The number of anilines is 1. The van der Waals surface area contributed by atoms with Gasteiger partial charge in [0.05, 0.1) is 0 Å². The molecule has 1 aliphatic heterocycles. The van der Waals surface area contributed by atoms with Gasteiger partial charge in [0.1, 0.15) is 0 Å². The summed E-state index contributed by atoms with van der Waals surface area (Å²) in [5, 5.41) is 0. The summed E-state index contributed by atoms with van der Waals surface area (Å²) in [5.74, 6) is 0.248.